The van der Waals surface area contributed by atoms with Crippen LogP contribution in [0.25, 0.3) is 10.3 Å². The third-order valence-corrected chi connectivity index (χ3v) is 6.14. The molecule has 1 N–H and O–H groups in total. The molecule has 176 valence electrons. The van der Waals surface area contributed by atoms with Gasteiger partial charge in [0.25, 0.3) is 0 Å². The van der Waals surface area contributed by atoms with E-state index in [4.69, 9.17) is 4.98 Å². The smallest absolute Gasteiger partial charge is 0.222 e. The highest BCUT2D eigenvalue weighted by Gasteiger charge is 2.19. The van der Waals surface area contributed by atoms with Crippen molar-refractivity contribution in [1.82, 2.24) is 29.3 Å². The molecular formula is C22H23FN8O2S. The Balaban J connectivity index is 1.58. The zero-order valence-corrected chi connectivity index (χ0v) is 19.9. The highest BCUT2D eigenvalue weighted by molar-refractivity contribution is 7.19. The van der Waals surface area contributed by atoms with Gasteiger partial charge in [-0.25, -0.2) is 14.4 Å². The van der Waals surface area contributed by atoms with Crippen LogP contribution >= 0.6 is 11.3 Å². The number of nitrogens with zero attached hydrogens (tertiary/aromatic N) is 7. The van der Waals surface area contributed by atoms with E-state index < -0.39 is 5.82 Å². The van der Waals surface area contributed by atoms with E-state index in [1.807, 2.05) is 13.2 Å². The molecule has 4 rings (SSSR count). The second-order valence-electron chi connectivity index (χ2n) is 7.80. The molecule has 4 aromatic heterocycles. The van der Waals surface area contributed by atoms with Crippen molar-refractivity contribution in [2.75, 3.05) is 12.4 Å². The number of carbonyl (C=O) groups excluding carboxylic acids is 2. The molecule has 4 heterocycles. The standard InChI is InChI=1S/C22H23FN8O2S/c1-13(33)26-19-6-5-16(23)17(27-19)11-30(3)25-9-15-18(12-32)31(4)22-21(15)34-20(28-22)7-14-8-24-29(2)10-14/h5-6,8-10,12H,7,11H2,1-4H3,(H,26,27,33)/b25-9-. The van der Waals surface area contributed by atoms with Crippen LogP contribution in [0, 0.1) is 5.82 Å². The number of hydrogen-bond acceptors (Lipinski definition) is 8. The molecule has 0 fully saturated rings. The second-order valence-corrected chi connectivity index (χ2v) is 8.89. The summed E-state index contributed by atoms with van der Waals surface area (Å²) in [4.78, 5) is 31.9. The van der Waals surface area contributed by atoms with Gasteiger partial charge in [-0.2, -0.15) is 10.2 Å². The fourth-order valence-electron chi connectivity index (χ4n) is 3.51. The number of hydrogen-bond donors (Lipinski definition) is 1. The van der Waals surface area contributed by atoms with Gasteiger partial charge >= 0.3 is 0 Å². The van der Waals surface area contributed by atoms with Gasteiger partial charge in [-0.1, -0.05) is 0 Å². The Kier molecular flexibility index (Phi) is 6.50. The van der Waals surface area contributed by atoms with Crippen LogP contribution in [0.1, 0.15) is 39.2 Å². The summed E-state index contributed by atoms with van der Waals surface area (Å²) in [5.74, 6) is -0.534. The maximum Gasteiger partial charge on any atom is 0.222 e. The number of aldehydes is 1. The predicted molar refractivity (Wildman–Crippen MR) is 128 cm³/mol. The second kappa shape index (κ2) is 9.51. The fourth-order valence-corrected chi connectivity index (χ4v) is 4.66. The largest absolute Gasteiger partial charge is 0.325 e. The molecule has 34 heavy (non-hydrogen) atoms. The van der Waals surface area contributed by atoms with Crippen molar-refractivity contribution in [1.29, 1.82) is 0 Å². The van der Waals surface area contributed by atoms with E-state index in [9.17, 15) is 14.0 Å². The van der Waals surface area contributed by atoms with Crippen molar-refractivity contribution >= 4 is 45.9 Å². The molecular weight excluding hydrogens is 459 g/mol. The van der Waals surface area contributed by atoms with Crippen molar-refractivity contribution < 1.29 is 14.0 Å². The molecule has 10 nitrogen and oxygen atoms in total. The average molecular weight is 483 g/mol. The molecule has 0 atom stereocenters. The monoisotopic (exact) mass is 482 g/mol. The van der Waals surface area contributed by atoms with E-state index >= 15 is 0 Å². The zero-order valence-electron chi connectivity index (χ0n) is 19.1. The molecule has 0 bridgehead atoms. The minimum Gasteiger partial charge on any atom is -0.325 e. The lowest BCUT2D eigenvalue weighted by molar-refractivity contribution is -0.114. The Labute approximate surface area is 198 Å². The maximum atomic E-state index is 14.2. The van der Waals surface area contributed by atoms with Crippen molar-refractivity contribution in [2.24, 2.45) is 19.2 Å². The lowest BCUT2D eigenvalue weighted by atomic mass is 10.3. The maximum absolute atomic E-state index is 14.2. The third kappa shape index (κ3) is 4.86. The first-order chi connectivity index (χ1) is 16.2. The van der Waals surface area contributed by atoms with Crippen LogP contribution in [0.3, 0.4) is 0 Å². The number of aryl methyl sites for hydroxylation is 2. The van der Waals surface area contributed by atoms with E-state index in [2.05, 4.69) is 20.5 Å². The van der Waals surface area contributed by atoms with E-state index in [0.717, 1.165) is 21.6 Å². The quantitative estimate of drug-likeness (QED) is 0.235. The number of pyridine rings is 1. The van der Waals surface area contributed by atoms with Gasteiger partial charge in [0.1, 0.15) is 16.6 Å². The highest BCUT2D eigenvalue weighted by Crippen LogP contribution is 2.30. The minimum absolute atomic E-state index is 0.0666. The molecule has 0 aliphatic rings. The van der Waals surface area contributed by atoms with Crippen LogP contribution in [-0.2, 0) is 31.9 Å². The number of thiazole rings is 1. The first kappa shape index (κ1) is 23.2. The van der Waals surface area contributed by atoms with Crippen LogP contribution in [0.4, 0.5) is 10.2 Å². The molecule has 4 aromatic rings. The molecule has 0 aliphatic heterocycles. The zero-order chi connectivity index (χ0) is 24.4. The Morgan fingerprint density at radius 3 is 2.79 bits per heavy atom. The molecule has 0 aliphatic carbocycles. The Morgan fingerprint density at radius 2 is 2.12 bits per heavy atom. The Bertz CT molecular complexity index is 1400. The van der Waals surface area contributed by atoms with Gasteiger partial charge in [0.05, 0.1) is 35.0 Å². The number of aromatic nitrogens is 5. The van der Waals surface area contributed by atoms with Crippen molar-refractivity contribution in [3.63, 3.8) is 0 Å². The van der Waals surface area contributed by atoms with E-state index in [0.29, 0.717) is 23.3 Å². The predicted octanol–water partition coefficient (Wildman–Crippen LogP) is 2.73. The molecule has 0 radical (unpaired) electrons. The van der Waals surface area contributed by atoms with Crippen LogP contribution in [0.15, 0.2) is 29.6 Å². The van der Waals surface area contributed by atoms with E-state index in [1.165, 1.54) is 35.4 Å². The summed E-state index contributed by atoms with van der Waals surface area (Å²) in [6.45, 7) is 1.42. The molecule has 0 aromatic carbocycles. The van der Waals surface area contributed by atoms with Gasteiger partial charge < -0.3 is 9.88 Å². The lowest BCUT2D eigenvalue weighted by Crippen LogP contribution is -2.15. The summed E-state index contributed by atoms with van der Waals surface area (Å²) >= 11 is 1.49. The van der Waals surface area contributed by atoms with Gasteiger partial charge in [-0.05, 0) is 17.7 Å². The first-order valence-corrected chi connectivity index (χ1v) is 11.2. The first-order valence-electron chi connectivity index (χ1n) is 10.3. The Hall–Kier alpha value is -3.93. The number of halogens is 1. The van der Waals surface area contributed by atoms with Crippen LogP contribution in [0.5, 0.6) is 0 Å². The summed E-state index contributed by atoms with van der Waals surface area (Å²) < 4.78 is 18.6. The summed E-state index contributed by atoms with van der Waals surface area (Å²) in [7, 11) is 5.32. The van der Waals surface area contributed by atoms with Crippen LogP contribution in [-0.4, -0.2) is 54.8 Å². The van der Waals surface area contributed by atoms with Gasteiger partial charge in [0.15, 0.2) is 11.9 Å². The number of fused-ring (bicyclic) bond motifs is 1. The normalized spacial score (nSPS) is 11.4. The third-order valence-electron chi connectivity index (χ3n) is 5.06. The number of carbonyl (C=O) groups is 2. The number of rotatable bonds is 8. The molecule has 0 unspecified atom stereocenters. The highest BCUT2D eigenvalue weighted by atomic mass is 32.1. The SMILES string of the molecule is CC(=O)Nc1ccc(F)c(CN(C)/N=C\c2c(C=O)n(C)c3nc(Cc4cnn(C)c4)sc23)n1. The van der Waals surface area contributed by atoms with Crippen molar-refractivity contribution in [2.45, 2.75) is 19.9 Å². The summed E-state index contributed by atoms with van der Waals surface area (Å²) in [5.41, 5.74) is 2.98. The van der Waals surface area contributed by atoms with Gasteiger partial charge in [-0.15, -0.1) is 11.3 Å². The molecule has 0 saturated carbocycles. The summed E-state index contributed by atoms with van der Waals surface area (Å²) in [6, 6.07) is 2.64. The molecule has 12 heteroatoms. The topological polar surface area (TPSA) is 110 Å². The number of amides is 1. The molecule has 0 saturated heterocycles. The van der Waals surface area contributed by atoms with E-state index in [-0.39, 0.29) is 24.0 Å². The van der Waals surface area contributed by atoms with Gasteiger partial charge in [0, 0.05) is 46.2 Å². The van der Waals surface area contributed by atoms with Crippen molar-refractivity contribution in [3.8, 4) is 0 Å². The number of nitrogens with one attached hydrogen (secondary N) is 1. The number of hydrazone groups is 1. The summed E-state index contributed by atoms with van der Waals surface area (Å²) in [5, 5.41) is 13.5. The lowest BCUT2D eigenvalue weighted by Gasteiger charge is -2.13. The Morgan fingerprint density at radius 1 is 1.32 bits per heavy atom. The number of anilines is 1. The minimum atomic E-state index is -0.505. The van der Waals surface area contributed by atoms with Crippen molar-refractivity contribution in [3.05, 3.63) is 57.9 Å². The average Bonchev–Trinajstić information content (AvgIpc) is 3.44. The van der Waals surface area contributed by atoms with E-state index in [1.54, 1.807) is 35.8 Å². The van der Waals surface area contributed by atoms with Gasteiger partial charge in [0.2, 0.25) is 5.91 Å². The summed E-state index contributed by atoms with van der Waals surface area (Å²) in [6.07, 6.45) is 6.72. The van der Waals surface area contributed by atoms with Crippen LogP contribution < -0.4 is 5.32 Å². The van der Waals surface area contributed by atoms with Gasteiger partial charge in [-0.3, -0.25) is 19.3 Å². The molecule has 0 spiro atoms. The molecule has 1 amide bonds. The van der Waals surface area contributed by atoms with Crippen LogP contribution in [0.2, 0.25) is 0 Å². The fraction of sp³-hybridized carbons (Fsp3) is 0.273.